The normalized spacial score (nSPS) is 36.1. The second-order valence-electron chi connectivity index (χ2n) is 5.82. The molecule has 0 aromatic carbocycles. The van der Waals surface area contributed by atoms with Gasteiger partial charge in [-0.3, -0.25) is 4.79 Å². The van der Waals surface area contributed by atoms with Crippen molar-refractivity contribution in [2.75, 3.05) is 0 Å². The molecule has 0 heterocycles. The lowest BCUT2D eigenvalue weighted by Gasteiger charge is -2.32. The fraction of sp³-hybridized carbons (Fsp3) is 0.846. The van der Waals surface area contributed by atoms with Gasteiger partial charge in [-0.2, -0.15) is 0 Å². The van der Waals surface area contributed by atoms with E-state index in [1.165, 1.54) is 20.3 Å². The highest BCUT2D eigenvalue weighted by Crippen LogP contribution is 2.63. The lowest BCUT2D eigenvalue weighted by Crippen LogP contribution is -2.32. The molecule has 2 heteroatoms. The van der Waals surface area contributed by atoms with Crippen molar-refractivity contribution in [2.24, 2.45) is 16.7 Å². The number of rotatable bonds is 0. The second-order valence-corrected chi connectivity index (χ2v) is 5.82. The van der Waals surface area contributed by atoms with Crippen molar-refractivity contribution in [3.63, 3.8) is 0 Å². The number of hydrogen-bond acceptors (Lipinski definition) is 2. The van der Waals surface area contributed by atoms with E-state index in [4.69, 9.17) is 0 Å². The van der Waals surface area contributed by atoms with E-state index in [1.807, 2.05) is 0 Å². The number of carbonyl (C=O) groups excluding carboxylic acids is 2. The van der Waals surface area contributed by atoms with Gasteiger partial charge in [-0.05, 0) is 38.0 Å². The van der Waals surface area contributed by atoms with Gasteiger partial charge in [-0.15, -0.1) is 0 Å². The highest BCUT2D eigenvalue weighted by Gasteiger charge is 2.61. The first kappa shape index (κ1) is 12.4. The van der Waals surface area contributed by atoms with Crippen molar-refractivity contribution in [3.05, 3.63) is 0 Å². The minimum atomic E-state index is 0.0255. The average molecular weight is 210 g/mol. The van der Waals surface area contributed by atoms with Gasteiger partial charge in [0.05, 0.1) is 0 Å². The molecular formula is C13H22O2. The molecule has 0 spiro atoms. The molecule has 2 aliphatic rings. The standard InChI is InChI=1S/C10H16O.C3H6O/c1-9(2)7-4-5-10(9,3)8(11)6-7;1-3(2)4/h7H,4-6H2,1-3H3;1-2H3. The fourth-order valence-electron chi connectivity index (χ4n) is 2.90. The highest BCUT2D eigenvalue weighted by molar-refractivity contribution is 5.89. The largest absolute Gasteiger partial charge is 0.300 e. The SMILES string of the molecule is CC(C)=O.CC12CCC(CC1=O)C2(C)C. The summed E-state index contributed by atoms with van der Waals surface area (Å²) in [5.74, 6) is 1.36. The molecule has 2 rings (SSSR count). The molecular weight excluding hydrogens is 188 g/mol. The first-order valence-corrected chi connectivity index (χ1v) is 5.72. The van der Waals surface area contributed by atoms with Crippen LogP contribution in [0, 0.1) is 16.7 Å². The molecule has 2 fully saturated rings. The summed E-state index contributed by atoms with van der Waals surface area (Å²) < 4.78 is 0. The van der Waals surface area contributed by atoms with Gasteiger partial charge in [0, 0.05) is 11.8 Å². The number of ketones is 2. The highest BCUT2D eigenvalue weighted by atomic mass is 16.1. The molecule has 2 atom stereocenters. The maximum atomic E-state index is 11.6. The topological polar surface area (TPSA) is 34.1 Å². The lowest BCUT2D eigenvalue weighted by molar-refractivity contribution is -0.128. The maximum Gasteiger partial charge on any atom is 0.139 e. The van der Waals surface area contributed by atoms with E-state index in [1.54, 1.807) is 0 Å². The van der Waals surface area contributed by atoms with Gasteiger partial charge in [0.2, 0.25) is 0 Å². The summed E-state index contributed by atoms with van der Waals surface area (Å²) in [5.41, 5.74) is 0.307. The van der Waals surface area contributed by atoms with Crippen LogP contribution in [0.15, 0.2) is 0 Å². The van der Waals surface area contributed by atoms with Gasteiger partial charge < -0.3 is 4.79 Å². The minimum Gasteiger partial charge on any atom is -0.300 e. The van der Waals surface area contributed by atoms with E-state index < -0.39 is 0 Å². The Morgan fingerprint density at radius 1 is 1.27 bits per heavy atom. The van der Waals surface area contributed by atoms with Crippen molar-refractivity contribution in [1.82, 2.24) is 0 Å². The fourth-order valence-corrected chi connectivity index (χ4v) is 2.90. The summed E-state index contributed by atoms with van der Waals surface area (Å²) in [6, 6.07) is 0. The van der Waals surface area contributed by atoms with Gasteiger partial charge in [-0.25, -0.2) is 0 Å². The quantitative estimate of drug-likeness (QED) is 0.616. The van der Waals surface area contributed by atoms with Gasteiger partial charge in [0.1, 0.15) is 11.6 Å². The van der Waals surface area contributed by atoms with Crippen LogP contribution >= 0.6 is 0 Å². The molecule has 2 aliphatic carbocycles. The van der Waals surface area contributed by atoms with Crippen LogP contribution < -0.4 is 0 Å². The van der Waals surface area contributed by atoms with Crippen LogP contribution in [0.25, 0.3) is 0 Å². The van der Waals surface area contributed by atoms with Crippen molar-refractivity contribution in [1.29, 1.82) is 0 Å². The molecule has 0 saturated heterocycles. The van der Waals surface area contributed by atoms with Crippen LogP contribution in [-0.4, -0.2) is 11.6 Å². The molecule has 2 unspecified atom stereocenters. The molecule has 0 aromatic rings. The number of fused-ring (bicyclic) bond motifs is 2. The van der Waals surface area contributed by atoms with Gasteiger partial charge in [-0.1, -0.05) is 20.8 Å². The van der Waals surface area contributed by atoms with Crippen LogP contribution in [0.3, 0.4) is 0 Å². The Balaban J connectivity index is 0.000000245. The molecule has 2 nitrogen and oxygen atoms in total. The molecule has 0 aliphatic heterocycles. The Labute approximate surface area is 92.4 Å². The van der Waals surface area contributed by atoms with E-state index in [-0.39, 0.29) is 16.6 Å². The number of carbonyl (C=O) groups is 2. The van der Waals surface area contributed by atoms with Crippen LogP contribution in [0.2, 0.25) is 0 Å². The summed E-state index contributed by atoms with van der Waals surface area (Å²) in [6.07, 6.45) is 3.25. The Morgan fingerprint density at radius 2 is 1.73 bits per heavy atom. The third-order valence-electron chi connectivity index (χ3n) is 4.48. The number of Topliss-reactive ketones (excluding diaryl/α,β-unsaturated/α-hetero) is 2. The van der Waals surface area contributed by atoms with Gasteiger partial charge >= 0.3 is 0 Å². The van der Waals surface area contributed by atoms with Crippen LogP contribution in [0.4, 0.5) is 0 Å². The Hall–Kier alpha value is -0.660. The Morgan fingerprint density at radius 3 is 1.87 bits per heavy atom. The van der Waals surface area contributed by atoms with E-state index >= 15 is 0 Å². The summed E-state index contributed by atoms with van der Waals surface area (Å²) >= 11 is 0. The first-order chi connectivity index (χ1) is 6.72. The average Bonchev–Trinajstić information content (AvgIpc) is 2.36. The summed E-state index contributed by atoms with van der Waals surface area (Å²) in [6.45, 7) is 9.73. The van der Waals surface area contributed by atoms with Gasteiger partial charge in [0.15, 0.2) is 0 Å². The van der Waals surface area contributed by atoms with E-state index in [2.05, 4.69) is 20.8 Å². The molecule has 0 N–H and O–H groups in total. The van der Waals surface area contributed by atoms with E-state index in [9.17, 15) is 9.59 Å². The smallest absolute Gasteiger partial charge is 0.139 e. The summed E-state index contributed by atoms with van der Waals surface area (Å²) in [4.78, 5) is 21.0. The van der Waals surface area contributed by atoms with Crippen molar-refractivity contribution < 1.29 is 9.59 Å². The Bertz CT molecular complexity index is 287. The zero-order valence-electron chi connectivity index (χ0n) is 10.5. The van der Waals surface area contributed by atoms with E-state index in [0.717, 1.165) is 12.8 Å². The monoisotopic (exact) mass is 210 g/mol. The zero-order chi connectivity index (χ0) is 11.9. The lowest BCUT2D eigenvalue weighted by atomic mass is 9.70. The maximum absolute atomic E-state index is 11.6. The van der Waals surface area contributed by atoms with Crippen molar-refractivity contribution >= 4 is 11.6 Å². The molecule has 86 valence electrons. The molecule has 0 aromatic heterocycles. The molecule has 15 heavy (non-hydrogen) atoms. The second kappa shape index (κ2) is 3.73. The Kier molecular flexibility index (Phi) is 3.09. The van der Waals surface area contributed by atoms with Crippen LogP contribution in [0.1, 0.15) is 53.9 Å². The van der Waals surface area contributed by atoms with Crippen molar-refractivity contribution in [3.8, 4) is 0 Å². The zero-order valence-corrected chi connectivity index (χ0v) is 10.5. The van der Waals surface area contributed by atoms with Crippen molar-refractivity contribution in [2.45, 2.75) is 53.9 Å². The van der Waals surface area contributed by atoms with Crippen LogP contribution in [0.5, 0.6) is 0 Å². The molecule has 2 bridgehead atoms. The van der Waals surface area contributed by atoms with Crippen LogP contribution in [-0.2, 0) is 9.59 Å². The predicted molar refractivity (Wildman–Crippen MR) is 60.6 cm³/mol. The van der Waals surface area contributed by atoms with E-state index in [0.29, 0.717) is 11.7 Å². The molecule has 0 radical (unpaired) electrons. The third kappa shape index (κ3) is 1.86. The van der Waals surface area contributed by atoms with Gasteiger partial charge in [0.25, 0.3) is 0 Å². The summed E-state index contributed by atoms with van der Waals surface area (Å²) in [5, 5.41) is 0. The molecule has 2 saturated carbocycles. The molecule has 0 amide bonds. The predicted octanol–water partition coefficient (Wildman–Crippen LogP) is 3.00. The summed E-state index contributed by atoms with van der Waals surface area (Å²) in [7, 11) is 0. The minimum absolute atomic E-state index is 0.0255. The number of hydrogen-bond donors (Lipinski definition) is 0. The third-order valence-corrected chi connectivity index (χ3v) is 4.48. The first-order valence-electron chi connectivity index (χ1n) is 5.72.